The molecule has 1 aromatic heterocycles. The van der Waals surface area contributed by atoms with Crippen LogP contribution in [0.15, 0.2) is 42.7 Å². The molecule has 5 heteroatoms. The minimum absolute atomic E-state index is 0.0136. The molecule has 0 unspecified atom stereocenters. The van der Waals surface area contributed by atoms with Crippen LogP contribution in [0.4, 0.5) is 8.78 Å². The number of nitrogens with zero attached hydrogens (tertiary/aromatic N) is 2. The van der Waals surface area contributed by atoms with Crippen molar-refractivity contribution in [2.75, 3.05) is 13.6 Å². The molecule has 3 nitrogen and oxygen atoms in total. The van der Waals surface area contributed by atoms with Crippen molar-refractivity contribution in [2.45, 2.75) is 6.42 Å². The lowest BCUT2D eigenvalue weighted by Crippen LogP contribution is -2.29. The van der Waals surface area contributed by atoms with Crippen molar-refractivity contribution >= 4 is 5.91 Å². The van der Waals surface area contributed by atoms with Crippen molar-refractivity contribution < 1.29 is 13.6 Å². The summed E-state index contributed by atoms with van der Waals surface area (Å²) in [6, 6.07) is 6.54. The quantitative estimate of drug-likeness (QED) is 0.860. The lowest BCUT2D eigenvalue weighted by atomic mass is 10.1. The minimum atomic E-state index is -0.754. The van der Waals surface area contributed by atoms with Gasteiger partial charge in [-0.2, -0.15) is 0 Å². The van der Waals surface area contributed by atoms with Gasteiger partial charge in [-0.25, -0.2) is 8.78 Å². The molecule has 0 atom stereocenters. The fraction of sp³-hybridized carbons (Fsp3) is 0.200. The third-order valence-corrected chi connectivity index (χ3v) is 2.94. The van der Waals surface area contributed by atoms with E-state index in [0.29, 0.717) is 13.0 Å². The summed E-state index contributed by atoms with van der Waals surface area (Å²) >= 11 is 0. The molecule has 0 N–H and O–H groups in total. The molecule has 0 aliphatic carbocycles. The Morgan fingerprint density at radius 3 is 2.35 bits per heavy atom. The Kier molecular flexibility index (Phi) is 4.40. The molecule has 0 saturated carbocycles. The van der Waals surface area contributed by atoms with E-state index >= 15 is 0 Å². The average molecular weight is 276 g/mol. The Morgan fingerprint density at radius 2 is 1.75 bits per heavy atom. The molecular weight excluding hydrogens is 262 g/mol. The van der Waals surface area contributed by atoms with Crippen molar-refractivity contribution in [1.82, 2.24) is 9.88 Å². The Balaban J connectivity index is 2.01. The molecule has 0 fully saturated rings. The number of pyridine rings is 1. The summed E-state index contributed by atoms with van der Waals surface area (Å²) in [5, 5.41) is 0. The largest absolute Gasteiger partial charge is 0.341 e. The van der Waals surface area contributed by atoms with E-state index in [1.165, 1.54) is 4.90 Å². The molecule has 0 radical (unpaired) electrons. The first-order chi connectivity index (χ1) is 9.56. The van der Waals surface area contributed by atoms with Crippen LogP contribution in [0, 0.1) is 11.6 Å². The Hall–Kier alpha value is -2.30. The number of carbonyl (C=O) groups excluding carboxylic acids is 1. The van der Waals surface area contributed by atoms with Gasteiger partial charge in [-0.15, -0.1) is 0 Å². The van der Waals surface area contributed by atoms with Gasteiger partial charge in [-0.05, 0) is 36.2 Å². The fourth-order valence-electron chi connectivity index (χ4n) is 1.85. The molecule has 0 aliphatic heterocycles. The molecular formula is C15H14F2N2O. The highest BCUT2D eigenvalue weighted by Crippen LogP contribution is 2.10. The predicted molar refractivity (Wildman–Crippen MR) is 71.3 cm³/mol. The first kappa shape index (κ1) is 14.1. The van der Waals surface area contributed by atoms with E-state index < -0.39 is 17.5 Å². The van der Waals surface area contributed by atoms with Crippen LogP contribution in [0.5, 0.6) is 0 Å². The summed E-state index contributed by atoms with van der Waals surface area (Å²) < 4.78 is 26.2. The van der Waals surface area contributed by atoms with Gasteiger partial charge in [0.05, 0.1) is 0 Å². The molecule has 2 aromatic rings. The van der Waals surface area contributed by atoms with E-state index in [1.54, 1.807) is 19.4 Å². The topological polar surface area (TPSA) is 33.2 Å². The van der Waals surface area contributed by atoms with E-state index in [4.69, 9.17) is 0 Å². The second kappa shape index (κ2) is 6.23. The lowest BCUT2D eigenvalue weighted by molar-refractivity contribution is 0.0795. The SMILES string of the molecule is CN(CCc1ccncc1)C(=O)c1cc(F)cc(F)c1. The van der Waals surface area contributed by atoms with Gasteiger partial charge >= 0.3 is 0 Å². The van der Waals surface area contributed by atoms with E-state index in [1.807, 2.05) is 12.1 Å². The van der Waals surface area contributed by atoms with Gasteiger partial charge in [0.2, 0.25) is 0 Å². The van der Waals surface area contributed by atoms with E-state index in [2.05, 4.69) is 4.98 Å². The fourth-order valence-corrected chi connectivity index (χ4v) is 1.85. The van der Waals surface area contributed by atoms with Crippen molar-refractivity contribution in [3.8, 4) is 0 Å². The Bertz CT molecular complexity index is 582. The molecule has 20 heavy (non-hydrogen) atoms. The van der Waals surface area contributed by atoms with Crippen LogP contribution in [0.3, 0.4) is 0 Å². The highest BCUT2D eigenvalue weighted by molar-refractivity contribution is 5.94. The molecule has 0 aliphatic rings. The number of likely N-dealkylation sites (N-methyl/N-ethyl adjacent to an activating group) is 1. The van der Waals surface area contributed by atoms with Crippen LogP contribution in [0.25, 0.3) is 0 Å². The van der Waals surface area contributed by atoms with Crippen LogP contribution < -0.4 is 0 Å². The molecule has 0 bridgehead atoms. The maximum absolute atomic E-state index is 13.1. The van der Waals surface area contributed by atoms with Gasteiger partial charge < -0.3 is 4.90 Å². The number of carbonyl (C=O) groups is 1. The average Bonchev–Trinajstić information content (AvgIpc) is 2.44. The number of hydrogen-bond donors (Lipinski definition) is 0. The van der Waals surface area contributed by atoms with Gasteiger partial charge in [0.15, 0.2) is 0 Å². The number of aromatic nitrogens is 1. The van der Waals surface area contributed by atoms with Gasteiger partial charge in [0.1, 0.15) is 11.6 Å². The number of amides is 1. The molecule has 1 amide bonds. The smallest absolute Gasteiger partial charge is 0.253 e. The monoisotopic (exact) mass is 276 g/mol. The zero-order valence-electron chi connectivity index (χ0n) is 11.0. The van der Waals surface area contributed by atoms with Gasteiger partial charge in [-0.1, -0.05) is 0 Å². The summed E-state index contributed by atoms with van der Waals surface area (Å²) in [6.07, 6.45) is 4.01. The van der Waals surface area contributed by atoms with Crippen LogP contribution >= 0.6 is 0 Å². The Morgan fingerprint density at radius 1 is 1.15 bits per heavy atom. The van der Waals surface area contributed by atoms with E-state index in [-0.39, 0.29) is 5.56 Å². The summed E-state index contributed by atoms with van der Waals surface area (Å²) in [5.41, 5.74) is 1.06. The van der Waals surface area contributed by atoms with Crippen LogP contribution in [0.2, 0.25) is 0 Å². The zero-order chi connectivity index (χ0) is 14.5. The minimum Gasteiger partial charge on any atom is -0.341 e. The van der Waals surface area contributed by atoms with Gasteiger partial charge in [0, 0.05) is 37.6 Å². The number of rotatable bonds is 4. The normalized spacial score (nSPS) is 10.3. The summed E-state index contributed by atoms with van der Waals surface area (Å²) in [4.78, 5) is 17.4. The zero-order valence-corrected chi connectivity index (χ0v) is 11.0. The number of hydrogen-bond acceptors (Lipinski definition) is 2. The first-order valence-corrected chi connectivity index (χ1v) is 6.17. The van der Waals surface area contributed by atoms with Gasteiger partial charge in [-0.3, -0.25) is 9.78 Å². The molecule has 2 rings (SSSR count). The van der Waals surface area contributed by atoms with Crippen LogP contribution in [-0.2, 0) is 6.42 Å². The van der Waals surface area contributed by atoms with Crippen molar-refractivity contribution in [3.63, 3.8) is 0 Å². The number of halogens is 2. The van der Waals surface area contributed by atoms with E-state index in [0.717, 1.165) is 23.8 Å². The second-order valence-corrected chi connectivity index (χ2v) is 4.49. The predicted octanol–water partition coefficient (Wildman–Crippen LogP) is 2.67. The lowest BCUT2D eigenvalue weighted by Gasteiger charge is -2.17. The van der Waals surface area contributed by atoms with Gasteiger partial charge in [0.25, 0.3) is 5.91 Å². The standard InChI is InChI=1S/C15H14F2N2O/c1-19(7-4-11-2-5-18-6-3-11)15(20)12-8-13(16)10-14(17)9-12/h2-3,5-6,8-10H,4,7H2,1H3. The highest BCUT2D eigenvalue weighted by Gasteiger charge is 2.13. The summed E-state index contributed by atoms with van der Waals surface area (Å²) in [6.45, 7) is 0.459. The van der Waals surface area contributed by atoms with Crippen molar-refractivity contribution in [3.05, 3.63) is 65.5 Å². The molecule has 1 aromatic carbocycles. The van der Waals surface area contributed by atoms with E-state index in [9.17, 15) is 13.6 Å². The van der Waals surface area contributed by atoms with Crippen molar-refractivity contribution in [1.29, 1.82) is 0 Å². The second-order valence-electron chi connectivity index (χ2n) is 4.49. The third kappa shape index (κ3) is 3.60. The van der Waals surface area contributed by atoms with Crippen molar-refractivity contribution in [2.24, 2.45) is 0 Å². The summed E-state index contributed by atoms with van der Waals surface area (Å²) in [5.74, 6) is -1.91. The third-order valence-electron chi connectivity index (χ3n) is 2.94. The molecule has 0 spiro atoms. The molecule has 1 heterocycles. The van der Waals surface area contributed by atoms with Crippen LogP contribution in [0.1, 0.15) is 15.9 Å². The molecule has 0 saturated heterocycles. The van der Waals surface area contributed by atoms with Crippen LogP contribution in [-0.4, -0.2) is 29.4 Å². The number of benzene rings is 1. The highest BCUT2D eigenvalue weighted by atomic mass is 19.1. The maximum atomic E-state index is 13.1. The maximum Gasteiger partial charge on any atom is 0.253 e. The molecule has 104 valence electrons. The Labute approximate surface area is 115 Å². The summed E-state index contributed by atoms with van der Waals surface area (Å²) in [7, 11) is 1.60. The first-order valence-electron chi connectivity index (χ1n) is 6.17.